The Balaban J connectivity index is 1.37. The van der Waals surface area contributed by atoms with Crippen LogP contribution in [0.2, 0.25) is 5.02 Å². The van der Waals surface area contributed by atoms with Crippen molar-refractivity contribution >= 4 is 28.1 Å². The zero-order chi connectivity index (χ0) is 22.8. The number of rotatable bonds is 5. The summed E-state index contributed by atoms with van der Waals surface area (Å²) in [5.74, 6) is 0.644. The first-order chi connectivity index (χ1) is 16.0. The van der Waals surface area contributed by atoms with Gasteiger partial charge in [0.15, 0.2) is 0 Å². The fourth-order valence-electron chi connectivity index (χ4n) is 5.11. The molecule has 5 rings (SSSR count). The summed E-state index contributed by atoms with van der Waals surface area (Å²) in [5, 5.41) is 1.88. The molecule has 0 bridgehead atoms. The maximum Gasteiger partial charge on any atom is 0.255 e. The number of hydrogen-bond donors (Lipinski definition) is 2. The molecule has 1 fully saturated rings. The molecule has 4 nitrogen and oxygen atoms in total. The molecule has 168 valence electrons. The maximum atomic E-state index is 12.0. The number of anilines is 1. The second-order valence-electron chi connectivity index (χ2n) is 9.06. The Kier molecular flexibility index (Phi) is 5.86. The van der Waals surface area contributed by atoms with Crippen LogP contribution in [0.4, 0.5) is 5.69 Å². The molecule has 1 aliphatic rings. The number of fused-ring (bicyclic) bond motifs is 1. The molecular weight excluding hydrogens is 432 g/mol. The van der Waals surface area contributed by atoms with Gasteiger partial charge in [0.2, 0.25) is 0 Å². The monoisotopic (exact) mass is 458 g/mol. The second kappa shape index (κ2) is 8.95. The Hall–Kier alpha value is -3.24. The van der Waals surface area contributed by atoms with Gasteiger partial charge in [-0.1, -0.05) is 54.1 Å². The van der Waals surface area contributed by atoms with Crippen molar-refractivity contribution in [3.05, 3.63) is 105 Å². The summed E-state index contributed by atoms with van der Waals surface area (Å²) in [5.41, 5.74) is 9.30. The lowest BCUT2D eigenvalue weighted by atomic mass is 9.65. The second-order valence-corrected chi connectivity index (χ2v) is 9.47. The van der Waals surface area contributed by atoms with Gasteiger partial charge >= 0.3 is 0 Å². The first-order valence-corrected chi connectivity index (χ1v) is 11.8. The summed E-state index contributed by atoms with van der Waals surface area (Å²) in [7, 11) is 0. The maximum absolute atomic E-state index is 12.0. The lowest BCUT2D eigenvalue weighted by molar-refractivity contribution is 0.116. The lowest BCUT2D eigenvalue weighted by Crippen LogP contribution is -2.37. The van der Waals surface area contributed by atoms with Crippen LogP contribution >= 0.6 is 11.6 Å². The summed E-state index contributed by atoms with van der Waals surface area (Å²) in [6.07, 6.45) is 6.64. The summed E-state index contributed by atoms with van der Waals surface area (Å²) >= 11 is 6.48. The minimum atomic E-state index is -0.145. The molecule has 0 spiro atoms. The highest BCUT2D eigenvalue weighted by atomic mass is 35.5. The quantitative estimate of drug-likeness (QED) is 0.346. The molecule has 0 saturated heterocycles. The number of aromatic nitrogens is 1. The van der Waals surface area contributed by atoms with Crippen molar-refractivity contribution in [3.8, 4) is 5.75 Å². The summed E-state index contributed by atoms with van der Waals surface area (Å²) in [4.78, 5) is 14.7. The number of nitrogen functional groups attached to an aromatic ring is 1. The molecule has 0 unspecified atom stereocenters. The van der Waals surface area contributed by atoms with Gasteiger partial charge in [0.05, 0.1) is 11.1 Å². The average molecular weight is 459 g/mol. The highest BCUT2D eigenvalue weighted by Gasteiger charge is 2.37. The van der Waals surface area contributed by atoms with Gasteiger partial charge in [-0.2, -0.15) is 0 Å². The zero-order valence-electron chi connectivity index (χ0n) is 18.4. The van der Waals surface area contributed by atoms with E-state index in [4.69, 9.17) is 22.1 Å². The lowest BCUT2D eigenvalue weighted by Gasteiger charge is -2.41. The van der Waals surface area contributed by atoms with Crippen molar-refractivity contribution in [2.75, 3.05) is 5.73 Å². The molecule has 0 atom stereocenters. The predicted octanol–water partition coefficient (Wildman–Crippen LogP) is 6.27. The van der Waals surface area contributed by atoms with E-state index in [2.05, 4.69) is 47.4 Å². The van der Waals surface area contributed by atoms with Crippen molar-refractivity contribution in [2.24, 2.45) is 0 Å². The van der Waals surface area contributed by atoms with E-state index in [1.54, 1.807) is 12.3 Å². The average Bonchev–Trinajstić information content (AvgIpc) is 2.84. The van der Waals surface area contributed by atoms with Crippen LogP contribution < -0.4 is 16.0 Å². The van der Waals surface area contributed by atoms with E-state index in [0.717, 1.165) is 43.2 Å². The van der Waals surface area contributed by atoms with Crippen molar-refractivity contribution in [3.63, 3.8) is 0 Å². The van der Waals surface area contributed by atoms with Gasteiger partial charge in [-0.3, -0.25) is 4.79 Å². The zero-order valence-corrected chi connectivity index (χ0v) is 19.1. The largest absolute Gasteiger partial charge is 0.489 e. The van der Waals surface area contributed by atoms with Crippen molar-refractivity contribution in [1.29, 1.82) is 0 Å². The Bertz CT molecular complexity index is 1310. The third-order valence-electron chi connectivity index (χ3n) is 6.92. The first kappa shape index (κ1) is 21.6. The number of hydrogen-bond acceptors (Lipinski definition) is 3. The van der Waals surface area contributed by atoms with Crippen LogP contribution in [-0.4, -0.2) is 11.1 Å². The number of pyridine rings is 1. The fraction of sp³-hybridized carbons (Fsp3) is 0.250. The number of halogens is 1. The number of aromatic amines is 1. The molecule has 0 radical (unpaired) electrons. The van der Waals surface area contributed by atoms with Gasteiger partial charge in [0.1, 0.15) is 5.75 Å². The minimum Gasteiger partial charge on any atom is -0.489 e. The standard InChI is InChI=1S/C28H27ClN2O2/c29-25-17-24-20(12-15-31-27(24)32)16-26(25)33-23-10-13-28(14-11-23,21-4-2-1-3-5-21)18-19-6-8-22(30)9-7-19/h1-9,12,15-17,23H,10-11,13-14,18,30H2,(H,31,32). The number of H-pyrrole nitrogens is 1. The van der Waals surface area contributed by atoms with Crippen LogP contribution in [0.25, 0.3) is 10.8 Å². The smallest absolute Gasteiger partial charge is 0.255 e. The number of nitrogens with one attached hydrogen (secondary N) is 1. The number of benzene rings is 3. The molecule has 33 heavy (non-hydrogen) atoms. The third-order valence-corrected chi connectivity index (χ3v) is 7.21. The van der Waals surface area contributed by atoms with Crippen molar-refractivity contribution in [1.82, 2.24) is 4.98 Å². The summed E-state index contributed by atoms with van der Waals surface area (Å²) in [6, 6.07) is 24.5. The Morgan fingerprint density at radius 2 is 1.73 bits per heavy atom. The highest BCUT2D eigenvalue weighted by Crippen LogP contribution is 2.43. The third kappa shape index (κ3) is 4.49. The van der Waals surface area contributed by atoms with E-state index in [9.17, 15) is 4.79 Å². The molecule has 1 saturated carbocycles. The molecule has 1 aliphatic carbocycles. The van der Waals surface area contributed by atoms with Crippen LogP contribution in [0.1, 0.15) is 36.8 Å². The first-order valence-electron chi connectivity index (χ1n) is 11.4. The predicted molar refractivity (Wildman–Crippen MR) is 135 cm³/mol. The SMILES string of the molecule is Nc1ccc(CC2(c3ccccc3)CCC(Oc3cc4cc[nH]c(=O)c4cc3Cl)CC2)cc1. The molecule has 3 N–H and O–H groups in total. The molecule has 5 heteroatoms. The van der Waals surface area contributed by atoms with Crippen molar-refractivity contribution < 1.29 is 4.74 Å². The Labute approximate surface area is 198 Å². The Morgan fingerprint density at radius 3 is 2.45 bits per heavy atom. The van der Waals surface area contributed by atoms with Gasteiger partial charge in [-0.15, -0.1) is 0 Å². The topological polar surface area (TPSA) is 68.1 Å². The van der Waals surface area contributed by atoms with Gasteiger partial charge in [-0.05, 0) is 84.4 Å². The highest BCUT2D eigenvalue weighted by molar-refractivity contribution is 6.32. The van der Waals surface area contributed by atoms with Crippen LogP contribution in [-0.2, 0) is 11.8 Å². The van der Waals surface area contributed by atoms with Crippen molar-refractivity contribution in [2.45, 2.75) is 43.6 Å². The van der Waals surface area contributed by atoms with E-state index in [1.165, 1.54) is 11.1 Å². The van der Waals surface area contributed by atoms with E-state index in [-0.39, 0.29) is 17.1 Å². The molecule has 4 aromatic rings. The fourth-order valence-corrected chi connectivity index (χ4v) is 5.31. The molecular formula is C28H27ClN2O2. The van der Waals surface area contributed by atoms with Crippen LogP contribution in [0.15, 0.2) is 83.8 Å². The summed E-state index contributed by atoms with van der Waals surface area (Å²) < 4.78 is 6.37. The molecule has 0 aliphatic heterocycles. The van der Waals surface area contributed by atoms with E-state index in [0.29, 0.717) is 16.2 Å². The number of nitrogens with two attached hydrogens (primary N) is 1. The van der Waals surface area contributed by atoms with Gasteiger partial charge in [0, 0.05) is 17.3 Å². The Morgan fingerprint density at radius 1 is 1.00 bits per heavy atom. The number of ether oxygens (including phenoxy) is 1. The molecule has 3 aromatic carbocycles. The van der Waals surface area contributed by atoms with Crippen LogP contribution in [0.3, 0.4) is 0 Å². The van der Waals surface area contributed by atoms with Gasteiger partial charge in [-0.25, -0.2) is 0 Å². The van der Waals surface area contributed by atoms with Gasteiger partial charge in [0.25, 0.3) is 5.56 Å². The van der Waals surface area contributed by atoms with E-state index >= 15 is 0 Å². The molecule has 1 heterocycles. The van der Waals surface area contributed by atoms with Crippen LogP contribution in [0, 0.1) is 0 Å². The van der Waals surface area contributed by atoms with E-state index in [1.807, 2.05) is 24.3 Å². The minimum absolute atomic E-state index is 0.0672. The van der Waals surface area contributed by atoms with Gasteiger partial charge < -0.3 is 15.5 Å². The van der Waals surface area contributed by atoms with Crippen LogP contribution in [0.5, 0.6) is 5.75 Å². The summed E-state index contributed by atoms with van der Waals surface area (Å²) in [6.45, 7) is 0. The van der Waals surface area contributed by atoms with E-state index < -0.39 is 0 Å². The molecule has 0 amide bonds. The normalized spacial score (nSPS) is 20.6. The molecule has 1 aromatic heterocycles.